The fraction of sp³-hybridized carbons (Fsp3) is 0.500. The summed E-state index contributed by atoms with van der Waals surface area (Å²) in [6, 6.07) is 5.06. The molecule has 4 aliphatic heterocycles. The summed E-state index contributed by atoms with van der Waals surface area (Å²) in [6.45, 7) is 3.39. The summed E-state index contributed by atoms with van der Waals surface area (Å²) in [5.74, 6) is 6.71. The Kier molecular flexibility index (Phi) is 10.8. The zero-order valence-electron chi connectivity index (χ0n) is 33.7. The molecule has 1 saturated carbocycles. The number of anilines is 3. The van der Waals surface area contributed by atoms with E-state index in [1.165, 1.54) is 21.8 Å². The molecule has 5 aromatic rings. The molecule has 0 radical (unpaired) electrons. The average Bonchev–Trinajstić information content (AvgIpc) is 4.12. The van der Waals surface area contributed by atoms with Gasteiger partial charge in [0, 0.05) is 63.3 Å². The first kappa shape index (κ1) is 40.1. The lowest BCUT2D eigenvalue weighted by atomic mass is 9.85. The fourth-order valence-corrected chi connectivity index (χ4v) is 9.47. The van der Waals surface area contributed by atoms with Crippen molar-refractivity contribution >= 4 is 46.5 Å². The molecule has 1 aliphatic carbocycles. The number of nitrogens with zero attached hydrogens (tertiary/aromatic N) is 10. The van der Waals surface area contributed by atoms with Gasteiger partial charge < -0.3 is 19.7 Å². The molecule has 17 nitrogen and oxygen atoms in total. The SMILES string of the molecule is O=C1CCN(c2cnc3cc(C#CCO[C@H]4CCN(CC5CCC(n6cc(NC(=O)c7cnn8ccc(N9C[C@H]%10C[C@@H]9CO%10)nc78)c(C(F)F)n6)CC5)C[C@H]4F)ccn23)C(=O)N1. The molecular weight excluding hydrogens is 810 g/mol. The van der Waals surface area contributed by atoms with Gasteiger partial charge in [0.05, 0.1) is 49.0 Å². The van der Waals surface area contributed by atoms with E-state index in [9.17, 15) is 23.2 Å². The largest absolute Gasteiger partial charge is 0.374 e. The van der Waals surface area contributed by atoms with Crippen molar-refractivity contribution in [3.63, 3.8) is 0 Å². The van der Waals surface area contributed by atoms with Crippen LogP contribution in [0.25, 0.3) is 11.3 Å². The van der Waals surface area contributed by atoms with Crippen molar-refractivity contribution in [1.29, 1.82) is 0 Å². The maximum atomic E-state index is 15.3. The van der Waals surface area contributed by atoms with Crippen molar-refractivity contribution in [3.8, 4) is 11.8 Å². The minimum absolute atomic E-state index is 0.0434. The van der Waals surface area contributed by atoms with Gasteiger partial charge >= 0.3 is 6.03 Å². The molecule has 4 atom stereocenters. The number of halogens is 3. The molecule has 2 bridgehead atoms. The molecule has 5 aromatic heterocycles. The highest BCUT2D eigenvalue weighted by Gasteiger charge is 2.40. The fourth-order valence-electron chi connectivity index (χ4n) is 9.47. The smallest absolute Gasteiger partial charge is 0.329 e. The summed E-state index contributed by atoms with van der Waals surface area (Å²) < 4.78 is 60.2. The molecule has 62 heavy (non-hydrogen) atoms. The van der Waals surface area contributed by atoms with E-state index < -0.39 is 36.3 Å². The molecule has 2 N–H and O–H groups in total. The number of alkyl halides is 3. The molecule has 4 saturated heterocycles. The Morgan fingerprint density at radius 2 is 1.94 bits per heavy atom. The monoisotopic (exact) mass is 854 g/mol. The van der Waals surface area contributed by atoms with Crippen LogP contribution in [0.5, 0.6) is 0 Å². The number of rotatable bonds is 10. The Morgan fingerprint density at radius 1 is 1.06 bits per heavy atom. The van der Waals surface area contributed by atoms with Gasteiger partial charge in [-0.3, -0.25) is 33.8 Å². The number of morpholine rings is 1. The Balaban J connectivity index is 0.691. The molecule has 5 aliphatic rings. The van der Waals surface area contributed by atoms with Crippen molar-refractivity contribution < 1.29 is 37.0 Å². The third-order valence-electron chi connectivity index (χ3n) is 12.7. The summed E-state index contributed by atoms with van der Waals surface area (Å²) in [6.07, 6.45) is 8.30. The summed E-state index contributed by atoms with van der Waals surface area (Å²) in [4.78, 5) is 52.2. The van der Waals surface area contributed by atoms with Gasteiger partial charge in [0.2, 0.25) is 5.91 Å². The number of piperidine rings is 1. The third kappa shape index (κ3) is 7.95. The van der Waals surface area contributed by atoms with Crippen LogP contribution < -0.4 is 20.4 Å². The molecule has 5 fully saturated rings. The number of aromatic nitrogens is 7. The molecule has 0 aromatic carbocycles. The van der Waals surface area contributed by atoms with E-state index in [0.29, 0.717) is 54.0 Å². The zero-order valence-corrected chi connectivity index (χ0v) is 33.7. The van der Waals surface area contributed by atoms with E-state index in [0.717, 1.165) is 45.2 Å². The number of likely N-dealkylation sites (tertiary alicyclic amines) is 1. The molecular formula is C42H45F3N12O5. The van der Waals surface area contributed by atoms with E-state index in [-0.39, 0.29) is 61.5 Å². The van der Waals surface area contributed by atoms with Crippen molar-refractivity contribution in [1.82, 2.24) is 44.0 Å². The average molecular weight is 855 g/mol. The van der Waals surface area contributed by atoms with Crippen LogP contribution in [0.2, 0.25) is 0 Å². The van der Waals surface area contributed by atoms with Gasteiger partial charge in [-0.05, 0) is 62.6 Å². The summed E-state index contributed by atoms with van der Waals surface area (Å²) >= 11 is 0. The predicted molar refractivity (Wildman–Crippen MR) is 218 cm³/mol. The highest BCUT2D eigenvalue weighted by molar-refractivity contribution is 6.08. The van der Waals surface area contributed by atoms with Crippen LogP contribution in [0.1, 0.15) is 79.0 Å². The van der Waals surface area contributed by atoms with Crippen molar-refractivity contribution in [2.45, 2.75) is 81.8 Å². The highest BCUT2D eigenvalue weighted by Crippen LogP contribution is 2.36. The number of urea groups is 1. The van der Waals surface area contributed by atoms with Crippen LogP contribution >= 0.6 is 0 Å². The predicted octanol–water partition coefficient (Wildman–Crippen LogP) is 4.40. The summed E-state index contributed by atoms with van der Waals surface area (Å²) in [5.41, 5.74) is 1.26. The number of hydrogen-bond donors (Lipinski definition) is 2. The maximum Gasteiger partial charge on any atom is 0.329 e. The standard InChI is InChI=1S/C42H45F3N12O5/c43-31-22-52(11-8-33(31)61-15-1-2-25-7-12-53-35(16-25)46-19-37(53)54-13-10-36(58)50-42(54)60)20-26-3-5-27(6-4-26)57-23-32(38(51-57)39(44)45)48-41(59)30-18-47-56-14-9-34(49-40(30)56)55-21-29-17-28(55)24-62-29/h7,9,12,14,16,18-19,23,26-29,31,33,39H,3-6,8,10-11,13,15,17,20-22,24H2,(H,48,59)(H,50,58,60)/t26?,27?,28-,29-,31-,33+/m1/s1. The van der Waals surface area contributed by atoms with E-state index in [2.05, 4.69) is 47.5 Å². The second kappa shape index (κ2) is 16.7. The number of imidazole rings is 1. The van der Waals surface area contributed by atoms with E-state index >= 15 is 4.39 Å². The summed E-state index contributed by atoms with van der Waals surface area (Å²) in [7, 11) is 0. The van der Waals surface area contributed by atoms with Gasteiger partial charge in [-0.25, -0.2) is 32.4 Å². The second-order valence-corrected chi connectivity index (χ2v) is 16.7. The van der Waals surface area contributed by atoms with Gasteiger partial charge in [0.15, 0.2) is 11.3 Å². The molecule has 20 heteroatoms. The number of fused-ring (bicyclic) bond motifs is 4. The normalized spacial score (nSPS) is 25.5. The van der Waals surface area contributed by atoms with Crippen LogP contribution in [0, 0.1) is 17.8 Å². The first-order chi connectivity index (χ1) is 30.1. The zero-order chi connectivity index (χ0) is 42.5. The van der Waals surface area contributed by atoms with Crippen LogP contribution in [0.3, 0.4) is 0 Å². The molecule has 4 amide bonds. The topological polar surface area (TPSA) is 169 Å². The minimum Gasteiger partial charge on any atom is -0.374 e. The Hall–Kier alpha value is -6.04. The van der Waals surface area contributed by atoms with Gasteiger partial charge in [0.25, 0.3) is 12.3 Å². The van der Waals surface area contributed by atoms with Gasteiger partial charge in [-0.2, -0.15) is 10.2 Å². The third-order valence-corrected chi connectivity index (χ3v) is 12.7. The molecule has 0 spiro atoms. The molecule has 324 valence electrons. The highest BCUT2D eigenvalue weighted by atomic mass is 19.3. The quantitative estimate of drug-likeness (QED) is 0.191. The minimum atomic E-state index is -2.89. The lowest BCUT2D eigenvalue weighted by molar-refractivity contribution is -0.120. The van der Waals surface area contributed by atoms with Crippen molar-refractivity contribution in [3.05, 3.63) is 66.0 Å². The van der Waals surface area contributed by atoms with E-state index in [1.54, 1.807) is 39.8 Å². The van der Waals surface area contributed by atoms with E-state index in [4.69, 9.17) is 14.5 Å². The molecule has 0 unspecified atom stereocenters. The Bertz CT molecular complexity index is 2580. The van der Waals surface area contributed by atoms with Gasteiger partial charge in [-0.15, -0.1) is 0 Å². The summed E-state index contributed by atoms with van der Waals surface area (Å²) in [5, 5.41) is 13.5. The molecule has 10 rings (SSSR count). The number of ether oxygens (including phenoxy) is 2. The lowest BCUT2D eigenvalue weighted by Gasteiger charge is -2.38. The number of nitrogens with one attached hydrogen (secondary N) is 2. The van der Waals surface area contributed by atoms with Crippen LogP contribution in [-0.4, -0.2) is 127 Å². The lowest BCUT2D eigenvalue weighted by Crippen LogP contribution is -2.50. The first-order valence-electron chi connectivity index (χ1n) is 21.1. The number of amides is 4. The Labute approximate surface area is 353 Å². The molecule has 9 heterocycles. The van der Waals surface area contributed by atoms with Gasteiger partial charge in [-0.1, -0.05) is 11.8 Å². The maximum absolute atomic E-state index is 15.3. The van der Waals surface area contributed by atoms with Crippen molar-refractivity contribution in [2.24, 2.45) is 5.92 Å². The van der Waals surface area contributed by atoms with Crippen LogP contribution in [-0.2, 0) is 14.3 Å². The second-order valence-electron chi connectivity index (χ2n) is 16.7. The number of imide groups is 1. The van der Waals surface area contributed by atoms with Crippen LogP contribution in [0.4, 0.5) is 35.3 Å². The Morgan fingerprint density at radius 3 is 2.71 bits per heavy atom. The number of pyridine rings is 1. The number of carbonyl (C=O) groups excluding carboxylic acids is 3. The first-order valence-corrected chi connectivity index (χ1v) is 21.1. The van der Waals surface area contributed by atoms with Crippen LogP contribution in [0.15, 0.2) is 49.2 Å². The number of carbonyl (C=O) groups is 3. The number of hydrogen-bond acceptors (Lipinski definition) is 11. The van der Waals surface area contributed by atoms with E-state index in [1.807, 2.05) is 6.07 Å². The van der Waals surface area contributed by atoms with Crippen molar-refractivity contribution in [2.75, 3.05) is 61.1 Å². The van der Waals surface area contributed by atoms with Gasteiger partial charge in [0.1, 0.15) is 35.6 Å².